The summed E-state index contributed by atoms with van der Waals surface area (Å²) in [7, 11) is -4.43. The van der Waals surface area contributed by atoms with Crippen LogP contribution in [0.3, 0.4) is 0 Å². The van der Waals surface area contributed by atoms with Crippen molar-refractivity contribution in [3.63, 3.8) is 0 Å². The monoisotopic (exact) mass is 321 g/mol. The molecule has 2 rings (SSSR count). The molecule has 0 amide bonds. The molecule has 0 aliphatic heterocycles. The summed E-state index contributed by atoms with van der Waals surface area (Å²) in [5, 5.41) is 0. The van der Waals surface area contributed by atoms with Gasteiger partial charge >= 0.3 is 7.60 Å². The number of nitrogens with two attached hydrogens (primary N) is 1. The molecule has 0 aliphatic carbocycles. The summed E-state index contributed by atoms with van der Waals surface area (Å²) in [6.45, 7) is -1.38. The van der Waals surface area contributed by atoms with Crippen LogP contribution in [0.15, 0.2) is 11.1 Å². The number of nitrogen functional groups attached to an aromatic ring is 1. The number of ether oxygens (including phenoxy) is 1. The summed E-state index contributed by atoms with van der Waals surface area (Å²) in [6.07, 6.45) is -0.921. The maximum absolute atomic E-state index is 12.9. The number of hydrogen-bond acceptors (Lipinski definition) is 6. The number of H-pyrrole nitrogens is 1. The van der Waals surface area contributed by atoms with Gasteiger partial charge in [0.25, 0.3) is 5.56 Å². The molecule has 2 aromatic heterocycles. The molecule has 0 aliphatic rings. The van der Waals surface area contributed by atoms with E-state index in [1.54, 1.807) is 0 Å². The Morgan fingerprint density at radius 2 is 2.29 bits per heavy atom. The molecule has 0 fully saturated rings. The number of alkyl halides is 1. The smallest absolute Gasteiger partial charge is 0.350 e. The van der Waals surface area contributed by atoms with Crippen molar-refractivity contribution in [2.45, 2.75) is 12.6 Å². The first kappa shape index (κ1) is 15.6. The summed E-state index contributed by atoms with van der Waals surface area (Å²) < 4.78 is 29.3. The Hall–Kier alpha value is -1.81. The molecule has 0 saturated carbocycles. The molecule has 0 saturated heterocycles. The first-order chi connectivity index (χ1) is 9.81. The topological polar surface area (TPSA) is 156 Å². The van der Waals surface area contributed by atoms with Crippen molar-refractivity contribution >= 4 is 24.7 Å². The quantitative estimate of drug-likeness (QED) is 0.503. The van der Waals surface area contributed by atoms with E-state index < -0.39 is 32.3 Å². The lowest BCUT2D eigenvalue weighted by Gasteiger charge is -2.17. The molecular formula is C9H13FN5O5P. The average molecular weight is 321 g/mol. The van der Waals surface area contributed by atoms with Crippen molar-refractivity contribution < 1.29 is 23.5 Å². The summed E-state index contributed by atoms with van der Waals surface area (Å²) >= 11 is 0. The molecule has 2 aromatic rings. The van der Waals surface area contributed by atoms with Crippen LogP contribution in [-0.4, -0.2) is 48.4 Å². The summed E-state index contributed by atoms with van der Waals surface area (Å²) in [5.74, 6) is -0.196. The zero-order chi connectivity index (χ0) is 15.6. The highest BCUT2D eigenvalue weighted by molar-refractivity contribution is 7.51. The van der Waals surface area contributed by atoms with Gasteiger partial charge in [-0.05, 0) is 0 Å². The molecule has 0 radical (unpaired) electrons. The second-order valence-electron chi connectivity index (χ2n) is 4.22. The number of fused-ring (bicyclic) bond motifs is 1. The number of aromatic nitrogens is 4. The molecule has 116 valence electrons. The largest absolute Gasteiger partial charge is 0.369 e. The highest BCUT2D eigenvalue weighted by Gasteiger charge is 2.20. The lowest BCUT2D eigenvalue weighted by atomic mass is 10.3. The minimum Gasteiger partial charge on any atom is -0.369 e. The number of anilines is 1. The van der Waals surface area contributed by atoms with Gasteiger partial charge in [0.2, 0.25) is 5.95 Å². The Labute approximate surface area is 116 Å². The Morgan fingerprint density at radius 3 is 2.90 bits per heavy atom. The van der Waals surface area contributed by atoms with Gasteiger partial charge in [-0.2, -0.15) is 4.98 Å². The van der Waals surface area contributed by atoms with Gasteiger partial charge < -0.3 is 25.2 Å². The molecule has 12 heteroatoms. The minimum atomic E-state index is -4.43. The molecule has 5 N–H and O–H groups in total. The fourth-order valence-electron chi connectivity index (χ4n) is 1.67. The van der Waals surface area contributed by atoms with Crippen LogP contribution in [0, 0.1) is 0 Å². The number of hydrogen-bond donors (Lipinski definition) is 4. The van der Waals surface area contributed by atoms with Crippen LogP contribution in [0.1, 0.15) is 0 Å². The summed E-state index contributed by atoms with van der Waals surface area (Å²) in [5.41, 5.74) is 5.24. The maximum atomic E-state index is 12.9. The van der Waals surface area contributed by atoms with Gasteiger partial charge in [-0.1, -0.05) is 0 Å². The third kappa shape index (κ3) is 3.64. The Balaban J connectivity index is 2.25. The highest BCUT2D eigenvalue weighted by atomic mass is 31.2. The number of aromatic amines is 1. The molecule has 1 unspecified atom stereocenters. The van der Waals surface area contributed by atoms with Gasteiger partial charge in [0, 0.05) is 0 Å². The van der Waals surface area contributed by atoms with Crippen LogP contribution in [0.25, 0.3) is 11.2 Å². The predicted molar refractivity (Wildman–Crippen MR) is 70.3 cm³/mol. The van der Waals surface area contributed by atoms with E-state index in [1.807, 2.05) is 0 Å². The first-order valence-electron chi connectivity index (χ1n) is 5.73. The van der Waals surface area contributed by atoms with Crippen molar-refractivity contribution in [1.82, 2.24) is 19.5 Å². The van der Waals surface area contributed by atoms with E-state index >= 15 is 0 Å². The van der Waals surface area contributed by atoms with Crippen LogP contribution in [0.2, 0.25) is 0 Å². The SMILES string of the molecule is Nc1nc2nc[nH]c2c(=O)n1CC(CF)OCP(=O)(O)O. The Morgan fingerprint density at radius 1 is 1.57 bits per heavy atom. The summed E-state index contributed by atoms with van der Waals surface area (Å²) in [4.78, 5) is 39.7. The van der Waals surface area contributed by atoms with Crippen LogP contribution in [-0.2, 0) is 15.8 Å². The van der Waals surface area contributed by atoms with Crippen molar-refractivity contribution in [3.05, 3.63) is 16.7 Å². The van der Waals surface area contributed by atoms with E-state index in [0.29, 0.717) is 0 Å². The molecule has 2 heterocycles. The van der Waals surface area contributed by atoms with Gasteiger partial charge in [0.1, 0.15) is 19.1 Å². The third-order valence-electron chi connectivity index (χ3n) is 2.61. The van der Waals surface area contributed by atoms with Crippen molar-refractivity contribution in [2.24, 2.45) is 0 Å². The Bertz CT molecular complexity index is 740. The molecule has 1 atom stereocenters. The molecule has 0 spiro atoms. The molecule has 0 aromatic carbocycles. The third-order valence-corrected chi connectivity index (χ3v) is 3.10. The van der Waals surface area contributed by atoms with Crippen LogP contribution in [0.5, 0.6) is 0 Å². The van der Waals surface area contributed by atoms with Gasteiger partial charge in [-0.3, -0.25) is 13.9 Å². The van der Waals surface area contributed by atoms with E-state index in [2.05, 4.69) is 15.0 Å². The van der Waals surface area contributed by atoms with Crippen LogP contribution >= 0.6 is 7.60 Å². The van der Waals surface area contributed by atoms with Gasteiger partial charge in [0.15, 0.2) is 11.2 Å². The van der Waals surface area contributed by atoms with Gasteiger partial charge in [-0.15, -0.1) is 0 Å². The predicted octanol–water partition coefficient (Wildman–Crippen LogP) is -0.808. The summed E-state index contributed by atoms with van der Waals surface area (Å²) in [6, 6.07) is 0. The maximum Gasteiger partial charge on any atom is 0.350 e. The number of nitrogens with one attached hydrogen (secondary N) is 1. The van der Waals surface area contributed by atoms with Crippen molar-refractivity contribution in [2.75, 3.05) is 18.8 Å². The van der Waals surface area contributed by atoms with Gasteiger partial charge in [-0.25, -0.2) is 9.37 Å². The fraction of sp³-hybridized carbons (Fsp3) is 0.444. The van der Waals surface area contributed by atoms with Gasteiger partial charge in [0.05, 0.1) is 12.9 Å². The van der Waals surface area contributed by atoms with Crippen molar-refractivity contribution in [3.8, 4) is 0 Å². The van der Waals surface area contributed by atoms with Crippen LogP contribution in [0.4, 0.5) is 10.3 Å². The molecule has 10 nitrogen and oxygen atoms in total. The van der Waals surface area contributed by atoms with Crippen LogP contribution < -0.4 is 11.3 Å². The normalized spacial score (nSPS) is 13.7. The minimum absolute atomic E-state index is 0.0943. The number of rotatable bonds is 6. The molecule has 0 bridgehead atoms. The highest BCUT2D eigenvalue weighted by Crippen LogP contribution is 2.34. The zero-order valence-corrected chi connectivity index (χ0v) is 11.5. The Kier molecular flexibility index (Phi) is 4.37. The van der Waals surface area contributed by atoms with E-state index in [9.17, 15) is 13.8 Å². The standard InChI is InChI=1S/C9H13FN5O5P/c10-1-5(20-4-21(17,18)19)2-15-8(16)6-7(13-3-12-6)14-9(15)11/h3,5H,1-2,4H2,(H2,11,14)(H,12,13)(H2,17,18,19). The lowest BCUT2D eigenvalue weighted by Crippen LogP contribution is -2.32. The van der Waals surface area contributed by atoms with Crippen molar-refractivity contribution in [1.29, 1.82) is 0 Å². The first-order valence-corrected chi connectivity index (χ1v) is 7.53. The number of nitrogens with zero attached hydrogens (tertiary/aromatic N) is 3. The number of halogens is 1. The van der Waals surface area contributed by atoms with E-state index in [0.717, 1.165) is 4.57 Å². The lowest BCUT2D eigenvalue weighted by molar-refractivity contribution is 0.0436. The fourth-order valence-corrected chi connectivity index (χ4v) is 2.07. The molecule has 21 heavy (non-hydrogen) atoms. The number of imidazole rings is 1. The zero-order valence-electron chi connectivity index (χ0n) is 10.6. The molecular weight excluding hydrogens is 308 g/mol. The second-order valence-corrected chi connectivity index (χ2v) is 5.81. The van der Waals surface area contributed by atoms with E-state index in [1.165, 1.54) is 6.33 Å². The second kappa shape index (κ2) is 5.90. The van der Waals surface area contributed by atoms with E-state index in [-0.39, 0.29) is 23.7 Å². The van der Waals surface area contributed by atoms with E-state index in [4.69, 9.17) is 20.3 Å². The average Bonchev–Trinajstić information content (AvgIpc) is 2.85.